The van der Waals surface area contributed by atoms with Gasteiger partial charge in [0.2, 0.25) is 0 Å². The zero-order valence-electron chi connectivity index (χ0n) is 11.3. The van der Waals surface area contributed by atoms with Crippen LogP contribution in [0.2, 0.25) is 0 Å². The third-order valence-electron chi connectivity index (χ3n) is 4.19. The standard InChI is InChI=1S/C13H26N2S/c1-6-10(2)12(3)8-13(4,14)7-11(16)15(5)9-12/h10H,6-9,14H2,1-5H3. The summed E-state index contributed by atoms with van der Waals surface area (Å²) in [6.45, 7) is 10.1. The SMILES string of the molecule is CCC(C)C1(C)CN(C)C(=S)CC(C)(N)C1. The molecule has 0 aromatic carbocycles. The van der Waals surface area contributed by atoms with Gasteiger partial charge in [-0.3, -0.25) is 0 Å². The Morgan fingerprint density at radius 1 is 1.50 bits per heavy atom. The van der Waals surface area contributed by atoms with Gasteiger partial charge in [-0.1, -0.05) is 39.4 Å². The van der Waals surface area contributed by atoms with E-state index in [1.54, 1.807) is 0 Å². The molecular weight excluding hydrogens is 216 g/mol. The average Bonchev–Trinajstić information content (AvgIpc) is 2.20. The predicted octanol–water partition coefficient (Wildman–Crippen LogP) is 2.81. The van der Waals surface area contributed by atoms with Crippen LogP contribution in [0, 0.1) is 11.3 Å². The van der Waals surface area contributed by atoms with Crippen molar-refractivity contribution in [1.82, 2.24) is 4.90 Å². The van der Waals surface area contributed by atoms with Gasteiger partial charge in [-0.15, -0.1) is 0 Å². The molecule has 1 rings (SSSR count). The summed E-state index contributed by atoms with van der Waals surface area (Å²) < 4.78 is 0. The molecule has 1 heterocycles. The molecule has 2 nitrogen and oxygen atoms in total. The minimum absolute atomic E-state index is 0.153. The zero-order valence-corrected chi connectivity index (χ0v) is 12.2. The van der Waals surface area contributed by atoms with Gasteiger partial charge in [-0.05, 0) is 24.7 Å². The summed E-state index contributed by atoms with van der Waals surface area (Å²) in [7, 11) is 2.10. The van der Waals surface area contributed by atoms with Crippen molar-refractivity contribution in [3.05, 3.63) is 0 Å². The zero-order chi connectivity index (χ0) is 12.6. The lowest BCUT2D eigenvalue weighted by molar-refractivity contribution is 0.125. The summed E-state index contributed by atoms with van der Waals surface area (Å²) >= 11 is 5.44. The fourth-order valence-corrected chi connectivity index (χ4v) is 3.37. The highest BCUT2D eigenvalue weighted by Crippen LogP contribution is 2.40. The van der Waals surface area contributed by atoms with E-state index in [0.717, 1.165) is 24.4 Å². The van der Waals surface area contributed by atoms with E-state index in [4.69, 9.17) is 18.0 Å². The van der Waals surface area contributed by atoms with E-state index in [9.17, 15) is 0 Å². The van der Waals surface area contributed by atoms with Crippen molar-refractivity contribution in [2.45, 2.75) is 52.5 Å². The van der Waals surface area contributed by atoms with Crippen molar-refractivity contribution in [2.24, 2.45) is 17.1 Å². The van der Waals surface area contributed by atoms with Gasteiger partial charge < -0.3 is 10.6 Å². The van der Waals surface area contributed by atoms with Gasteiger partial charge in [-0.25, -0.2) is 0 Å². The highest BCUT2D eigenvalue weighted by atomic mass is 32.1. The van der Waals surface area contributed by atoms with Crippen LogP contribution in [-0.4, -0.2) is 29.0 Å². The van der Waals surface area contributed by atoms with Gasteiger partial charge in [0.15, 0.2) is 0 Å². The van der Waals surface area contributed by atoms with Crippen LogP contribution in [0.25, 0.3) is 0 Å². The Hall–Kier alpha value is -0.150. The number of nitrogens with two attached hydrogens (primary N) is 1. The molecule has 3 atom stereocenters. The number of rotatable bonds is 2. The first kappa shape index (κ1) is 13.9. The van der Waals surface area contributed by atoms with Crippen molar-refractivity contribution in [1.29, 1.82) is 0 Å². The molecule has 0 radical (unpaired) electrons. The lowest BCUT2D eigenvalue weighted by atomic mass is 9.69. The van der Waals surface area contributed by atoms with Gasteiger partial charge in [0.25, 0.3) is 0 Å². The molecule has 2 N–H and O–H groups in total. The summed E-state index contributed by atoms with van der Waals surface area (Å²) in [5.74, 6) is 0.679. The van der Waals surface area contributed by atoms with Crippen LogP contribution in [0.1, 0.15) is 47.0 Å². The minimum atomic E-state index is -0.153. The number of hydrogen-bond acceptors (Lipinski definition) is 2. The molecule has 0 aromatic heterocycles. The molecule has 1 aliphatic heterocycles. The second-order valence-electron chi connectivity index (χ2n) is 6.22. The Morgan fingerprint density at radius 3 is 2.56 bits per heavy atom. The molecule has 0 aliphatic carbocycles. The first-order valence-electron chi connectivity index (χ1n) is 6.23. The average molecular weight is 242 g/mol. The van der Waals surface area contributed by atoms with Crippen molar-refractivity contribution in [3.63, 3.8) is 0 Å². The Balaban J connectivity index is 2.98. The topological polar surface area (TPSA) is 29.3 Å². The molecule has 1 saturated heterocycles. The third-order valence-corrected chi connectivity index (χ3v) is 4.64. The summed E-state index contributed by atoms with van der Waals surface area (Å²) in [6.07, 6.45) is 3.09. The fraction of sp³-hybridized carbons (Fsp3) is 0.923. The summed E-state index contributed by atoms with van der Waals surface area (Å²) in [5, 5.41) is 0. The van der Waals surface area contributed by atoms with E-state index in [2.05, 4.69) is 39.6 Å². The minimum Gasteiger partial charge on any atom is -0.369 e. The van der Waals surface area contributed by atoms with Gasteiger partial charge >= 0.3 is 0 Å². The molecule has 0 saturated carbocycles. The third kappa shape index (κ3) is 2.95. The van der Waals surface area contributed by atoms with Gasteiger partial charge in [-0.2, -0.15) is 0 Å². The molecule has 16 heavy (non-hydrogen) atoms. The maximum Gasteiger partial charge on any atom is 0.0795 e. The van der Waals surface area contributed by atoms with Gasteiger partial charge in [0, 0.05) is 25.6 Å². The molecule has 3 unspecified atom stereocenters. The molecule has 0 aromatic rings. The predicted molar refractivity (Wildman–Crippen MR) is 74.6 cm³/mol. The van der Waals surface area contributed by atoms with E-state index in [1.807, 2.05) is 0 Å². The number of hydrogen-bond donors (Lipinski definition) is 1. The first-order valence-corrected chi connectivity index (χ1v) is 6.64. The highest BCUT2D eigenvalue weighted by Gasteiger charge is 2.41. The molecule has 94 valence electrons. The molecule has 0 bridgehead atoms. The quantitative estimate of drug-likeness (QED) is 0.755. The Bertz CT molecular complexity index is 275. The molecule has 3 heteroatoms. The van der Waals surface area contributed by atoms with Gasteiger partial charge in [0.1, 0.15) is 0 Å². The maximum atomic E-state index is 6.38. The van der Waals surface area contributed by atoms with Crippen molar-refractivity contribution >= 4 is 17.2 Å². The second-order valence-corrected chi connectivity index (χ2v) is 6.69. The van der Waals surface area contributed by atoms with Crippen LogP contribution in [0.4, 0.5) is 0 Å². The molecule has 0 spiro atoms. The molecular formula is C13H26N2S. The van der Waals surface area contributed by atoms with Crippen LogP contribution in [0.3, 0.4) is 0 Å². The van der Waals surface area contributed by atoms with E-state index in [0.29, 0.717) is 5.92 Å². The lowest BCUT2D eigenvalue weighted by Gasteiger charge is -2.40. The number of thiocarbonyl (C=S) groups is 1. The van der Waals surface area contributed by atoms with Crippen molar-refractivity contribution in [2.75, 3.05) is 13.6 Å². The largest absolute Gasteiger partial charge is 0.369 e. The second kappa shape index (κ2) is 4.61. The highest BCUT2D eigenvalue weighted by molar-refractivity contribution is 7.80. The van der Waals surface area contributed by atoms with Crippen LogP contribution in [0.15, 0.2) is 0 Å². The number of likely N-dealkylation sites (tertiary alicyclic amines) is 1. The lowest BCUT2D eigenvalue weighted by Crippen LogP contribution is -2.43. The van der Waals surface area contributed by atoms with E-state index in [1.165, 1.54) is 6.42 Å². The first-order chi connectivity index (χ1) is 7.20. The summed E-state index contributed by atoms with van der Waals surface area (Å²) in [5.41, 5.74) is 6.50. The van der Waals surface area contributed by atoms with Crippen LogP contribution in [-0.2, 0) is 0 Å². The monoisotopic (exact) mass is 242 g/mol. The molecule has 0 amide bonds. The van der Waals surface area contributed by atoms with Gasteiger partial charge in [0.05, 0.1) is 4.99 Å². The number of nitrogens with zero attached hydrogens (tertiary/aromatic N) is 1. The maximum absolute atomic E-state index is 6.38. The summed E-state index contributed by atoms with van der Waals surface area (Å²) in [6, 6.07) is 0. The summed E-state index contributed by atoms with van der Waals surface area (Å²) in [4.78, 5) is 3.23. The Kier molecular flexibility index (Phi) is 4.01. The normalized spacial score (nSPS) is 38.4. The van der Waals surface area contributed by atoms with E-state index >= 15 is 0 Å². The van der Waals surface area contributed by atoms with Crippen LogP contribution in [0.5, 0.6) is 0 Å². The van der Waals surface area contributed by atoms with Crippen LogP contribution >= 0.6 is 12.2 Å². The fourth-order valence-electron chi connectivity index (χ4n) is 2.97. The van der Waals surface area contributed by atoms with Crippen LogP contribution < -0.4 is 5.73 Å². The van der Waals surface area contributed by atoms with E-state index < -0.39 is 0 Å². The Morgan fingerprint density at radius 2 is 2.06 bits per heavy atom. The van der Waals surface area contributed by atoms with E-state index in [-0.39, 0.29) is 11.0 Å². The molecule has 1 aliphatic rings. The van der Waals surface area contributed by atoms with Crippen molar-refractivity contribution in [3.8, 4) is 0 Å². The smallest absolute Gasteiger partial charge is 0.0795 e. The van der Waals surface area contributed by atoms with Crippen molar-refractivity contribution < 1.29 is 0 Å². The molecule has 1 fully saturated rings. The Labute approximate surface area is 106 Å².